The lowest BCUT2D eigenvalue weighted by molar-refractivity contribution is -0.141. The molecule has 0 aromatic carbocycles. The third kappa shape index (κ3) is 2.23. The summed E-state index contributed by atoms with van der Waals surface area (Å²) in [5, 5.41) is 4.26. The van der Waals surface area contributed by atoms with Gasteiger partial charge in [-0.1, -0.05) is 12.2 Å². The van der Waals surface area contributed by atoms with Crippen molar-refractivity contribution >= 4 is 21.8 Å². The summed E-state index contributed by atoms with van der Waals surface area (Å²) in [4.78, 5) is 14.2. The van der Waals surface area contributed by atoms with Gasteiger partial charge in [0.05, 0.1) is 16.7 Å². The fraction of sp³-hybridized carbons (Fsp3) is 0.538. The Morgan fingerprint density at radius 3 is 2.83 bits per heavy atom. The first kappa shape index (κ1) is 12.0. The third-order valence-electron chi connectivity index (χ3n) is 3.74. The van der Waals surface area contributed by atoms with Crippen molar-refractivity contribution in [2.75, 3.05) is 13.1 Å². The van der Waals surface area contributed by atoms with Crippen LogP contribution >= 0.6 is 15.9 Å². The predicted molar refractivity (Wildman–Crippen MR) is 72.0 cm³/mol. The Bertz CT molecular complexity index is 476. The van der Waals surface area contributed by atoms with Crippen LogP contribution in [0.4, 0.5) is 0 Å². The van der Waals surface area contributed by atoms with Crippen molar-refractivity contribution in [1.29, 1.82) is 0 Å². The Kier molecular flexibility index (Phi) is 3.24. The second-order valence-corrected chi connectivity index (χ2v) is 5.93. The van der Waals surface area contributed by atoms with E-state index in [1.807, 2.05) is 15.8 Å². The van der Waals surface area contributed by atoms with E-state index in [2.05, 4.69) is 33.2 Å². The van der Waals surface area contributed by atoms with Gasteiger partial charge in [-0.25, -0.2) is 0 Å². The highest BCUT2D eigenvalue weighted by molar-refractivity contribution is 9.10. The van der Waals surface area contributed by atoms with E-state index in [4.69, 9.17) is 0 Å². The van der Waals surface area contributed by atoms with Gasteiger partial charge in [0.15, 0.2) is 0 Å². The molecule has 1 aliphatic carbocycles. The normalized spacial score (nSPS) is 24.1. The zero-order valence-corrected chi connectivity index (χ0v) is 11.7. The van der Waals surface area contributed by atoms with Crippen molar-refractivity contribution in [2.45, 2.75) is 25.3 Å². The second-order valence-electron chi connectivity index (χ2n) is 5.02. The van der Waals surface area contributed by atoms with Crippen LogP contribution in [0.25, 0.3) is 0 Å². The van der Waals surface area contributed by atoms with Gasteiger partial charge < -0.3 is 4.90 Å². The van der Waals surface area contributed by atoms with E-state index < -0.39 is 0 Å². The molecule has 1 aromatic rings. The van der Waals surface area contributed by atoms with Crippen molar-refractivity contribution in [2.24, 2.45) is 5.92 Å². The first-order chi connectivity index (χ1) is 8.74. The molecule has 4 nitrogen and oxygen atoms in total. The Morgan fingerprint density at radius 1 is 1.39 bits per heavy atom. The van der Waals surface area contributed by atoms with E-state index in [1.165, 1.54) is 0 Å². The van der Waals surface area contributed by atoms with Crippen LogP contribution in [-0.4, -0.2) is 33.7 Å². The molecule has 5 heteroatoms. The highest BCUT2D eigenvalue weighted by Gasteiger charge is 2.35. The number of carbonyl (C=O) groups is 1. The van der Waals surface area contributed by atoms with Gasteiger partial charge in [0.2, 0.25) is 5.91 Å². The lowest BCUT2D eigenvalue weighted by Gasteiger charge is -2.41. The van der Waals surface area contributed by atoms with Crippen LogP contribution in [0.2, 0.25) is 0 Å². The SMILES string of the molecule is O=C(C1CC=CCC1)N1CC(n2cc(Br)cn2)C1. The molecule has 1 amide bonds. The summed E-state index contributed by atoms with van der Waals surface area (Å²) < 4.78 is 2.93. The van der Waals surface area contributed by atoms with Crippen molar-refractivity contribution < 1.29 is 4.79 Å². The van der Waals surface area contributed by atoms with E-state index in [-0.39, 0.29) is 5.92 Å². The maximum absolute atomic E-state index is 12.2. The van der Waals surface area contributed by atoms with E-state index >= 15 is 0 Å². The average Bonchev–Trinajstić information content (AvgIpc) is 2.75. The maximum Gasteiger partial charge on any atom is 0.226 e. The Balaban J connectivity index is 1.55. The van der Waals surface area contributed by atoms with Gasteiger partial charge in [-0.2, -0.15) is 5.10 Å². The molecule has 3 rings (SSSR count). The number of hydrogen-bond donors (Lipinski definition) is 0. The summed E-state index contributed by atoms with van der Waals surface area (Å²) in [5.41, 5.74) is 0. The van der Waals surface area contributed by atoms with Gasteiger partial charge in [-0.15, -0.1) is 0 Å². The van der Waals surface area contributed by atoms with Gasteiger partial charge in [0.25, 0.3) is 0 Å². The Labute approximate surface area is 115 Å². The van der Waals surface area contributed by atoms with E-state index in [1.54, 1.807) is 6.20 Å². The van der Waals surface area contributed by atoms with Crippen LogP contribution in [0, 0.1) is 5.92 Å². The zero-order valence-electron chi connectivity index (χ0n) is 10.1. The van der Waals surface area contributed by atoms with Crippen molar-refractivity contribution in [3.8, 4) is 0 Å². The highest BCUT2D eigenvalue weighted by atomic mass is 79.9. The average molecular weight is 310 g/mol. The summed E-state index contributed by atoms with van der Waals surface area (Å²) in [5.74, 6) is 0.530. The zero-order chi connectivity index (χ0) is 12.5. The van der Waals surface area contributed by atoms with Crippen LogP contribution in [0.3, 0.4) is 0 Å². The van der Waals surface area contributed by atoms with Crippen molar-refractivity contribution in [3.05, 3.63) is 29.0 Å². The third-order valence-corrected chi connectivity index (χ3v) is 4.15. The first-order valence-corrected chi connectivity index (χ1v) is 7.17. The fourth-order valence-corrected chi connectivity index (χ4v) is 2.89. The minimum Gasteiger partial charge on any atom is -0.338 e. The number of nitrogens with zero attached hydrogens (tertiary/aromatic N) is 3. The van der Waals surface area contributed by atoms with Crippen LogP contribution in [0.15, 0.2) is 29.0 Å². The number of aromatic nitrogens is 2. The van der Waals surface area contributed by atoms with Gasteiger partial charge in [0, 0.05) is 25.2 Å². The largest absolute Gasteiger partial charge is 0.338 e. The molecule has 1 aromatic heterocycles. The van der Waals surface area contributed by atoms with E-state index in [0.717, 1.165) is 36.8 Å². The van der Waals surface area contributed by atoms with Crippen molar-refractivity contribution in [1.82, 2.24) is 14.7 Å². The van der Waals surface area contributed by atoms with Gasteiger partial charge in [-0.3, -0.25) is 9.48 Å². The molecule has 0 N–H and O–H groups in total. The number of hydrogen-bond acceptors (Lipinski definition) is 2. The molecule has 1 unspecified atom stereocenters. The molecular weight excluding hydrogens is 294 g/mol. The molecule has 0 bridgehead atoms. The molecule has 0 radical (unpaired) electrons. The molecule has 1 atom stereocenters. The van der Waals surface area contributed by atoms with Crippen LogP contribution in [-0.2, 0) is 4.79 Å². The Hall–Kier alpha value is -1.10. The quantitative estimate of drug-likeness (QED) is 0.787. The molecule has 2 heterocycles. The monoisotopic (exact) mass is 309 g/mol. The first-order valence-electron chi connectivity index (χ1n) is 6.37. The minimum atomic E-state index is 0.209. The summed E-state index contributed by atoms with van der Waals surface area (Å²) in [7, 11) is 0. The molecule has 0 saturated carbocycles. The number of carbonyl (C=O) groups excluding carboxylic acids is 1. The van der Waals surface area contributed by atoms with Gasteiger partial charge >= 0.3 is 0 Å². The van der Waals surface area contributed by atoms with Gasteiger partial charge in [0.1, 0.15) is 0 Å². The molecule has 18 heavy (non-hydrogen) atoms. The Morgan fingerprint density at radius 2 is 2.22 bits per heavy atom. The number of halogens is 1. The number of allylic oxidation sites excluding steroid dienone is 2. The van der Waals surface area contributed by atoms with Crippen molar-refractivity contribution in [3.63, 3.8) is 0 Å². The van der Waals surface area contributed by atoms with E-state index in [9.17, 15) is 4.79 Å². The predicted octanol–water partition coefficient (Wildman–Crippen LogP) is 2.39. The standard InChI is InChI=1S/C13H16BrN3O/c14-11-6-15-17(7-11)12-8-16(9-12)13(18)10-4-2-1-3-5-10/h1-2,6-7,10,12H,3-5,8-9H2. The second kappa shape index (κ2) is 4.88. The molecule has 1 saturated heterocycles. The van der Waals surface area contributed by atoms with Gasteiger partial charge in [-0.05, 0) is 35.2 Å². The molecule has 96 valence electrons. The fourth-order valence-electron chi connectivity index (χ4n) is 2.59. The summed E-state index contributed by atoms with van der Waals surface area (Å²) >= 11 is 3.39. The number of amides is 1. The lowest BCUT2D eigenvalue weighted by Crippen LogP contribution is -2.52. The van der Waals surface area contributed by atoms with Crippen LogP contribution in [0.5, 0.6) is 0 Å². The molecule has 1 aliphatic heterocycles. The number of rotatable bonds is 2. The summed E-state index contributed by atoms with van der Waals surface area (Å²) in [6.45, 7) is 1.60. The molecule has 1 fully saturated rings. The number of likely N-dealkylation sites (tertiary alicyclic amines) is 1. The molecule has 0 spiro atoms. The van der Waals surface area contributed by atoms with Crippen LogP contribution < -0.4 is 0 Å². The summed E-state index contributed by atoms with van der Waals surface area (Å²) in [6.07, 6.45) is 11.0. The smallest absolute Gasteiger partial charge is 0.226 e. The van der Waals surface area contributed by atoms with Crippen LogP contribution in [0.1, 0.15) is 25.3 Å². The van der Waals surface area contributed by atoms with E-state index in [0.29, 0.717) is 11.9 Å². The summed E-state index contributed by atoms with van der Waals surface area (Å²) in [6, 6.07) is 0.347. The topological polar surface area (TPSA) is 38.1 Å². The lowest BCUT2D eigenvalue weighted by atomic mass is 9.91. The molecular formula is C13H16BrN3O. The minimum absolute atomic E-state index is 0.209. The molecule has 2 aliphatic rings. The maximum atomic E-state index is 12.2. The highest BCUT2D eigenvalue weighted by Crippen LogP contribution is 2.27.